The quantitative estimate of drug-likeness (QED) is 0.660. The van der Waals surface area contributed by atoms with Crippen molar-refractivity contribution in [3.63, 3.8) is 0 Å². The molecule has 1 aromatic rings. The normalized spacial score (nSPS) is 23.6. The Morgan fingerprint density at radius 2 is 2.47 bits per heavy atom. The Balaban J connectivity index is 2.04. The summed E-state index contributed by atoms with van der Waals surface area (Å²) in [5, 5.41) is 15.4. The summed E-state index contributed by atoms with van der Waals surface area (Å²) in [5.41, 5.74) is 0.0363. The van der Waals surface area contributed by atoms with Crippen molar-refractivity contribution in [3.05, 3.63) is 24.0 Å². The van der Waals surface area contributed by atoms with Crippen molar-refractivity contribution in [2.24, 2.45) is 0 Å². The van der Waals surface area contributed by atoms with Gasteiger partial charge in [-0.3, -0.25) is 4.79 Å². The Bertz CT molecular complexity index is 411. The van der Waals surface area contributed by atoms with E-state index in [2.05, 4.69) is 15.6 Å². The number of hydrogen-bond acceptors (Lipinski definition) is 5. The van der Waals surface area contributed by atoms with Gasteiger partial charge in [0.2, 0.25) is 0 Å². The highest BCUT2D eigenvalue weighted by Crippen LogP contribution is 2.13. The van der Waals surface area contributed by atoms with Crippen molar-refractivity contribution in [2.45, 2.75) is 12.1 Å². The molecule has 1 aliphatic rings. The summed E-state index contributed by atoms with van der Waals surface area (Å²) in [6, 6.07) is 2.90. The van der Waals surface area contributed by atoms with E-state index in [1.165, 1.54) is 12.3 Å². The lowest BCUT2D eigenvalue weighted by Crippen LogP contribution is -2.43. The zero-order valence-corrected chi connectivity index (χ0v) is 9.51. The topological polar surface area (TPSA) is 83.5 Å². The maximum Gasteiger partial charge on any atom is 0.274 e. The molecule has 17 heavy (non-hydrogen) atoms. The number of ether oxygens (including phenoxy) is 1. The van der Waals surface area contributed by atoms with Gasteiger partial charge in [-0.2, -0.15) is 0 Å². The van der Waals surface area contributed by atoms with E-state index >= 15 is 0 Å². The summed E-state index contributed by atoms with van der Waals surface area (Å²) in [6.07, 6.45) is 1.42. The molecular formula is C11H15N3O3. The monoisotopic (exact) mass is 237 g/mol. The summed E-state index contributed by atoms with van der Waals surface area (Å²) in [4.78, 5) is 15.7. The number of aromatic hydroxyl groups is 1. The van der Waals surface area contributed by atoms with Gasteiger partial charge in [-0.05, 0) is 12.1 Å². The largest absolute Gasteiger partial charge is 0.505 e. The molecule has 1 saturated heterocycles. The molecule has 2 heterocycles. The van der Waals surface area contributed by atoms with Crippen molar-refractivity contribution in [3.8, 4) is 5.75 Å². The number of aromatic nitrogens is 1. The smallest absolute Gasteiger partial charge is 0.274 e. The summed E-state index contributed by atoms with van der Waals surface area (Å²) >= 11 is 0. The molecule has 92 valence electrons. The highest BCUT2D eigenvalue weighted by Gasteiger charge is 2.29. The van der Waals surface area contributed by atoms with Crippen molar-refractivity contribution < 1.29 is 14.6 Å². The Morgan fingerprint density at radius 1 is 1.65 bits per heavy atom. The van der Waals surface area contributed by atoms with Crippen LogP contribution in [0.15, 0.2) is 18.3 Å². The van der Waals surface area contributed by atoms with Crippen LogP contribution in [0, 0.1) is 0 Å². The fraction of sp³-hybridized carbons (Fsp3) is 0.455. The third-order valence-corrected chi connectivity index (χ3v) is 2.78. The molecule has 1 fully saturated rings. The van der Waals surface area contributed by atoms with Crippen LogP contribution in [0.1, 0.15) is 10.5 Å². The third kappa shape index (κ3) is 2.54. The summed E-state index contributed by atoms with van der Waals surface area (Å²) in [7, 11) is 1.61. The molecular weight excluding hydrogens is 222 g/mol. The molecule has 0 bridgehead atoms. The van der Waals surface area contributed by atoms with Crippen molar-refractivity contribution in [1.29, 1.82) is 0 Å². The number of nitrogens with one attached hydrogen (secondary N) is 2. The number of pyridine rings is 1. The van der Waals surface area contributed by atoms with E-state index in [0.717, 1.165) is 0 Å². The molecule has 0 radical (unpaired) electrons. The van der Waals surface area contributed by atoms with E-state index in [1.807, 2.05) is 0 Å². The molecule has 6 nitrogen and oxygen atoms in total. The molecule has 6 heteroatoms. The second-order valence-corrected chi connectivity index (χ2v) is 3.88. The number of hydrogen-bond donors (Lipinski definition) is 3. The lowest BCUT2D eigenvalue weighted by atomic mass is 10.2. The molecule has 2 atom stereocenters. The van der Waals surface area contributed by atoms with Crippen LogP contribution in [-0.2, 0) is 4.74 Å². The van der Waals surface area contributed by atoms with Gasteiger partial charge in [-0.1, -0.05) is 0 Å². The molecule has 1 aromatic heterocycles. The molecule has 0 spiro atoms. The van der Waals surface area contributed by atoms with Gasteiger partial charge in [0.1, 0.15) is 5.75 Å². The summed E-state index contributed by atoms with van der Waals surface area (Å²) in [5.74, 6) is -0.510. The molecule has 0 aromatic carbocycles. The SMILES string of the molecule is CO[C@H]1CNCC1NC(=O)c1ncccc1O. The van der Waals surface area contributed by atoms with Crippen LogP contribution < -0.4 is 10.6 Å². The molecule has 3 N–H and O–H groups in total. The van der Waals surface area contributed by atoms with E-state index in [-0.39, 0.29) is 29.5 Å². The van der Waals surface area contributed by atoms with E-state index < -0.39 is 0 Å². The van der Waals surface area contributed by atoms with Crippen molar-refractivity contribution >= 4 is 5.91 Å². The van der Waals surface area contributed by atoms with Gasteiger partial charge in [-0.25, -0.2) is 4.98 Å². The second-order valence-electron chi connectivity index (χ2n) is 3.88. The van der Waals surface area contributed by atoms with Crippen LogP contribution in [0.3, 0.4) is 0 Å². The third-order valence-electron chi connectivity index (χ3n) is 2.78. The zero-order chi connectivity index (χ0) is 12.3. The fourth-order valence-electron chi connectivity index (χ4n) is 1.85. The van der Waals surface area contributed by atoms with E-state index in [0.29, 0.717) is 13.1 Å². The lowest BCUT2D eigenvalue weighted by molar-refractivity contribution is 0.0774. The van der Waals surface area contributed by atoms with Gasteiger partial charge in [0.05, 0.1) is 12.1 Å². The molecule has 1 unspecified atom stereocenters. The summed E-state index contributed by atoms with van der Waals surface area (Å²) in [6.45, 7) is 1.35. The first-order valence-corrected chi connectivity index (χ1v) is 5.40. The standard InChI is InChI=1S/C11H15N3O3/c1-17-9-6-12-5-7(9)14-11(16)10-8(15)3-2-4-13-10/h2-4,7,9,12,15H,5-6H2,1H3,(H,14,16)/t7?,9-/m0/s1. The Hall–Kier alpha value is -1.66. The first-order chi connectivity index (χ1) is 8.22. The average Bonchev–Trinajstić information content (AvgIpc) is 2.76. The average molecular weight is 237 g/mol. The number of rotatable bonds is 3. The van der Waals surface area contributed by atoms with E-state index in [4.69, 9.17) is 4.74 Å². The van der Waals surface area contributed by atoms with Gasteiger partial charge in [0.15, 0.2) is 5.69 Å². The number of carbonyl (C=O) groups excluding carboxylic acids is 1. The Kier molecular flexibility index (Phi) is 3.55. The number of nitrogens with zero attached hydrogens (tertiary/aromatic N) is 1. The predicted molar refractivity (Wildman–Crippen MR) is 60.8 cm³/mol. The Morgan fingerprint density at radius 3 is 3.18 bits per heavy atom. The van der Waals surface area contributed by atoms with Crippen molar-refractivity contribution in [2.75, 3.05) is 20.2 Å². The van der Waals surface area contributed by atoms with Crippen molar-refractivity contribution in [1.82, 2.24) is 15.6 Å². The van der Waals surface area contributed by atoms with Gasteiger partial charge in [0.25, 0.3) is 5.91 Å². The minimum atomic E-state index is -0.390. The van der Waals surface area contributed by atoms with Crippen LogP contribution >= 0.6 is 0 Å². The molecule has 2 rings (SSSR count). The first-order valence-electron chi connectivity index (χ1n) is 5.40. The molecule has 1 amide bonds. The van der Waals surface area contributed by atoms with Gasteiger partial charge >= 0.3 is 0 Å². The molecule has 0 saturated carbocycles. The molecule has 1 aliphatic heterocycles. The predicted octanol–water partition coefficient (Wildman–Crippen LogP) is -0.496. The maximum absolute atomic E-state index is 11.9. The highest BCUT2D eigenvalue weighted by molar-refractivity contribution is 5.95. The van der Waals surface area contributed by atoms with Gasteiger partial charge in [0, 0.05) is 26.4 Å². The minimum Gasteiger partial charge on any atom is -0.505 e. The maximum atomic E-state index is 11.9. The van der Waals surface area contributed by atoms with Gasteiger partial charge in [-0.15, -0.1) is 0 Å². The molecule has 0 aliphatic carbocycles. The number of carbonyl (C=O) groups is 1. The van der Waals surface area contributed by atoms with E-state index in [1.54, 1.807) is 13.2 Å². The highest BCUT2D eigenvalue weighted by atomic mass is 16.5. The summed E-state index contributed by atoms with van der Waals surface area (Å²) < 4.78 is 5.23. The zero-order valence-electron chi connectivity index (χ0n) is 9.51. The van der Waals surface area contributed by atoms with Crippen LogP contribution in [-0.4, -0.2) is 48.3 Å². The fourth-order valence-corrected chi connectivity index (χ4v) is 1.85. The minimum absolute atomic E-state index is 0.0363. The lowest BCUT2D eigenvalue weighted by Gasteiger charge is -2.18. The number of methoxy groups -OCH3 is 1. The van der Waals surface area contributed by atoms with Crippen LogP contribution in [0.25, 0.3) is 0 Å². The van der Waals surface area contributed by atoms with Gasteiger partial charge < -0.3 is 20.5 Å². The first kappa shape index (κ1) is 11.8. The second kappa shape index (κ2) is 5.11. The van der Waals surface area contributed by atoms with Crippen LogP contribution in [0.5, 0.6) is 5.75 Å². The van der Waals surface area contributed by atoms with E-state index in [9.17, 15) is 9.90 Å². The number of amides is 1. The van der Waals surface area contributed by atoms with Crippen LogP contribution in [0.2, 0.25) is 0 Å². The van der Waals surface area contributed by atoms with Crippen LogP contribution in [0.4, 0.5) is 0 Å². The Labute approximate surface area is 99.0 Å².